The quantitative estimate of drug-likeness (QED) is 0.348. The van der Waals surface area contributed by atoms with Crippen LogP contribution in [0, 0.1) is 13.8 Å². The van der Waals surface area contributed by atoms with Gasteiger partial charge in [0.1, 0.15) is 22.0 Å². The highest BCUT2D eigenvalue weighted by atomic mass is 35.5. The van der Waals surface area contributed by atoms with Gasteiger partial charge < -0.3 is 9.67 Å². The zero-order chi connectivity index (χ0) is 19.1. The smallest absolute Gasteiger partial charge is 0.335 e. The number of aromatic carboxylic acids is 1. The van der Waals surface area contributed by atoms with Gasteiger partial charge in [0.15, 0.2) is 0 Å². The topological polar surface area (TPSA) is 80.9 Å². The molecular formula is C19H19ClN4O2S2. The van der Waals surface area contributed by atoms with Gasteiger partial charge in [-0.1, -0.05) is 11.8 Å². The van der Waals surface area contributed by atoms with E-state index in [1.807, 2.05) is 6.07 Å². The molecule has 0 saturated carbocycles. The predicted molar refractivity (Wildman–Crippen MR) is 116 cm³/mol. The Morgan fingerprint density at radius 1 is 1.29 bits per heavy atom. The van der Waals surface area contributed by atoms with Crippen molar-refractivity contribution in [2.24, 2.45) is 0 Å². The van der Waals surface area contributed by atoms with Crippen LogP contribution in [0.2, 0.25) is 0 Å². The lowest BCUT2D eigenvalue weighted by Gasteiger charge is -2.06. The molecule has 0 spiro atoms. The summed E-state index contributed by atoms with van der Waals surface area (Å²) in [6.45, 7) is 7.05. The number of carboxylic acid groups (broad SMARTS) is 1. The van der Waals surface area contributed by atoms with Crippen molar-refractivity contribution >= 4 is 62.7 Å². The van der Waals surface area contributed by atoms with Crippen molar-refractivity contribution in [3.05, 3.63) is 46.4 Å². The number of benzene rings is 1. The molecule has 28 heavy (non-hydrogen) atoms. The van der Waals surface area contributed by atoms with Crippen molar-refractivity contribution < 1.29 is 9.90 Å². The van der Waals surface area contributed by atoms with E-state index in [9.17, 15) is 9.90 Å². The van der Waals surface area contributed by atoms with E-state index >= 15 is 0 Å². The Bertz CT molecular complexity index is 1190. The summed E-state index contributed by atoms with van der Waals surface area (Å²) >= 11 is 3.33. The second-order valence-corrected chi connectivity index (χ2v) is 8.38. The van der Waals surface area contributed by atoms with Gasteiger partial charge in [-0.15, -0.1) is 23.7 Å². The van der Waals surface area contributed by atoms with Crippen LogP contribution in [0.1, 0.15) is 33.5 Å². The lowest BCUT2D eigenvalue weighted by atomic mass is 10.2. The number of rotatable bonds is 5. The van der Waals surface area contributed by atoms with Crippen LogP contribution in [0.25, 0.3) is 21.3 Å². The van der Waals surface area contributed by atoms with Crippen LogP contribution in [0.4, 0.5) is 0 Å². The van der Waals surface area contributed by atoms with Crippen LogP contribution in [0.3, 0.4) is 0 Å². The number of halogens is 1. The highest BCUT2D eigenvalue weighted by molar-refractivity contribution is 7.98. The molecule has 0 aliphatic carbocycles. The van der Waals surface area contributed by atoms with Crippen LogP contribution in [-0.4, -0.2) is 30.6 Å². The molecule has 4 aromatic rings. The minimum absolute atomic E-state index is 0. The Balaban J connectivity index is 0.00000225. The van der Waals surface area contributed by atoms with Gasteiger partial charge in [0, 0.05) is 16.8 Å². The number of aromatic nitrogens is 4. The molecule has 1 N–H and O–H groups in total. The molecule has 0 bridgehead atoms. The largest absolute Gasteiger partial charge is 0.478 e. The predicted octanol–water partition coefficient (Wildman–Crippen LogP) is 5.09. The van der Waals surface area contributed by atoms with Crippen molar-refractivity contribution in [3.63, 3.8) is 0 Å². The van der Waals surface area contributed by atoms with Crippen molar-refractivity contribution in [1.82, 2.24) is 19.5 Å². The molecule has 0 unspecified atom stereocenters. The molecule has 0 saturated heterocycles. The number of aryl methyl sites for hydroxylation is 3. The summed E-state index contributed by atoms with van der Waals surface area (Å²) in [7, 11) is 0. The first kappa shape index (κ1) is 20.6. The molecule has 3 aromatic heterocycles. The Hall–Kier alpha value is -2.16. The Kier molecular flexibility index (Phi) is 5.92. The maximum absolute atomic E-state index is 11.2. The van der Waals surface area contributed by atoms with Gasteiger partial charge in [-0.25, -0.2) is 19.7 Å². The summed E-state index contributed by atoms with van der Waals surface area (Å²) in [4.78, 5) is 27.1. The summed E-state index contributed by atoms with van der Waals surface area (Å²) in [5.74, 6) is 0.632. The van der Waals surface area contributed by atoms with E-state index in [4.69, 9.17) is 0 Å². The van der Waals surface area contributed by atoms with E-state index in [2.05, 4.69) is 40.3 Å². The third-order valence-corrected chi connectivity index (χ3v) is 6.76. The third-order valence-electron chi connectivity index (χ3n) is 4.66. The molecule has 6 nitrogen and oxygen atoms in total. The minimum Gasteiger partial charge on any atom is -0.478 e. The molecule has 0 radical (unpaired) electrons. The molecule has 9 heteroatoms. The van der Waals surface area contributed by atoms with Crippen molar-refractivity contribution in [1.29, 1.82) is 0 Å². The molecule has 0 aliphatic heterocycles. The fourth-order valence-corrected chi connectivity index (χ4v) is 5.23. The SMILES string of the molecule is CCn1c(CSc2ncnc3sc(C)c(C)c23)nc2cc(C(=O)O)ccc21.Cl. The van der Waals surface area contributed by atoms with Crippen LogP contribution in [0.5, 0.6) is 0 Å². The summed E-state index contributed by atoms with van der Waals surface area (Å²) < 4.78 is 2.12. The summed E-state index contributed by atoms with van der Waals surface area (Å²) in [6.07, 6.45) is 1.61. The fourth-order valence-electron chi connectivity index (χ4n) is 3.17. The zero-order valence-electron chi connectivity index (χ0n) is 15.6. The number of fused-ring (bicyclic) bond motifs is 2. The fraction of sp³-hybridized carbons (Fsp3) is 0.263. The molecule has 0 fully saturated rings. The normalized spacial score (nSPS) is 11.1. The average Bonchev–Trinajstić information content (AvgIpc) is 3.16. The molecule has 0 amide bonds. The highest BCUT2D eigenvalue weighted by Crippen LogP contribution is 2.35. The molecule has 0 atom stereocenters. The molecular weight excluding hydrogens is 416 g/mol. The lowest BCUT2D eigenvalue weighted by Crippen LogP contribution is -2.01. The van der Waals surface area contributed by atoms with Crippen LogP contribution >= 0.6 is 35.5 Å². The van der Waals surface area contributed by atoms with Crippen molar-refractivity contribution in [3.8, 4) is 0 Å². The van der Waals surface area contributed by atoms with Crippen LogP contribution < -0.4 is 0 Å². The molecule has 4 rings (SSSR count). The summed E-state index contributed by atoms with van der Waals surface area (Å²) in [5, 5.41) is 11.3. The average molecular weight is 435 g/mol. The highest BCUT2D eigenvalue weighted by Gasteiger charge is 2.16. The molecule has 3 heterocycles. The van der Waals surface area contributed by atoms with Crippen molar-refractivity contribution in [2.75, 3.05) is 0 Å². The summed E-state index contributed by atoms with van der Waals surface area (Å²) in [5.41, 5.74) is 3.15. The Morgan fingerprint density at radius 3 is 2.79 bits per heavy atom. The first-order valence-corrected chi connectivity index (χ1v) is 10.4. The van der Waals surface area contributed by atoms with Gasteiger partial charge in [0.05, 0.1) is 22.3 Å². The van der Waals surface area contributed by atoms with Crippen LogP contribution in [0.15, 0.2) is 29.6 Å². The number of nitrogens with zero attached hydrogens (tertiary/aromatic N) is 4. The third kappa shape index (κ3) is 3.47. The summed E-state index contributed by atoms with van der Waals surface area (Å²) in [6, 6.07) is 5.09. The van der Waals surface area contributed by atoms with Gasteiger partial charge in [-0.05, 0) is 44.5 Å². The first-order chi connectivity index (χ1) is 13.0. The van der Waals surface area contributed by atoms with Gasteiger partial charge in [-0.3, -0.25) is 0 Å². The Labute approximate surface area is 176 Å². The van der Waals surface area contributed by atoms with Gasteiger partial charge in [0.2, 0.25) is 0 Å². The van der Waals surface area contributed by atoms with Crippen LogP contribution in [-0.2, 0) is 12.3 Å². The van der Waals surface area contributed by atoms with Gasteiger partial charge in [-0.2, -0.15) is 0 Å². The maximum atomic E-state index is 11.2. The van der Waals surface area contributed by atoms with E-state index in [0.717, 1.165) is 33.1 Å². The Morgan fingerprint density at radius 2 is 2.07 bits per heavy atom. The maximum Gasteiger partial charge on any atom is 0.335 e. The van der Waals surface area contributed by atoms with E-state index in [-0.39, 0.29) is 18.0 Å². The number of hydrogen-bond donors (Lipinski definition) is 1. The number of hydrogen-bond acceptors (Lipinski definition) is 6. The number of carboxylic acids is 1. The standard InChI is InChI=1S/C19H18N4O2S2.ClH/c1-4-23-14-6-5-12(19(24)25)7-13(14)22-15(23)8-26-17-16-10(2)11(3)27-18(16)21-9-20-17;/h5-7,9H,4,8H2,1-3H3,(H,24,25);1H. The van der Waals surface area contributed by atoms with Gasteiger partial charge in [0.25, 0.3) is 0 Å². The monoisotopic (exact) mass is 434 g/mol. The second kappa shape index (κ2) is 8.06. The zero-order valence-corrected chi connectivity index (χ0v) is 18.0. The molecule has 0 aliphatic rings. The van der Waals surface area contributed by atoms with E-state index in [1.165, 1.54) is 10.4 Å². The lowest BCUT2D eigenvalue weighted by molar-refractivity contribution is 0.0697. The minimum atomic E-state index is -0.939. The van der Waals surface area contributed by atoms with E-state index < -0.39 is 5.97 Å². The van der Waals surface area contributed by atoms with Gasteiger partial charge >= 0.3 is 5.97 Å². The van der Waals surface area contributed by atoms with E-state index in [0.29, 0.717) is 11.3 Å². The second-order valence-electron chi connectivity index (χ2n) is 6.21. The number of thiophene rings is 1. The first-order valence-electron chi connectivity index (χ1n) is 8.55. The number of carbonyl (C=O) groups is 1. The van der Waals surface area contributed by atoms with Crippen molar-refractivity contribution in [2.45, 2.75) is 38.1 Å². The number of thioether (sulfide) groups is 1. The molecule has 146 valence electrons. The molecule has 1 aromatic carbocycles. The van der Waals surface area contributed by atoms with E-state index in [1.54, 1.807) is 41.6 Å². The number of imidazole rings is 1.